The zero-order valence-corrected chi connectivity index (χ0v) is 9.12. The minimum atomic E-state index is -0.485. The van der Waals surface area contributed by atoms with Crippen molar-refractivity contribution in [2.75, 3.05) is 0 Å². The smallest absolute Gasteiger partial charge is 0.0877 e. The number of benzene rings is 1. The van der Waals surface area contributed by atoms with Gasteiger partial charge in [-0.25, -0.2) is 0 Å². The highest BCUT2D eigenvalue weighted by Gasteiger charge is 2.29. The van der Waals surface area contributed by atoms with Crippen molar-refractivity contribution in [3.8, 4) is 0 Å². The summed E-state index contributed by atoms with van der Waals surface area (Å²) in [4.78, 5) is 0. The molecule has 0 aliphatic heterocycles. The van der Waals surface area contributed by atoms with Gasteiger partial charge in [-0.15, -0.1) is 0 Å². The van der Waals surface area contributed by atoms with Crippen molar-refractivity contribution >= 4 is 0 Å². The summed E-state index contributed by atoms with van der Waals surface area (Å²) in [6.45, 7) is 9.88. The topological polar surface area (TPSA) is 20.2 Å². The van der Waals surface area contributed by atoms with Crippen LogP contribution in [0.5, 0.6) is 0 Å². The number of aliphatic hydroxyl groups excluding tert-OH is 1. The molecule has 1 rings (SSSR count). The molecule has 1 aromatic carbocycles. The highest BCUT2D eigenvalue weighted by molar-refractivity contribution is 5.22. The number of rotatable bonds is 3. The van der Waals surface area contributed by atoms with Gasteiger partial charge in [-0.1, -0.05) is 56.3 Å². The summed E-state index contributed by atoms with van der Waals surface area (Å²) in [5.74, 6) is 0. The zero-order chi connectivity index (χ0) is 10.8. The van der Waals surface area contributed by atoms with E-state index in [1.807, 2.05) is 51.1 Å². The first-order chi connectivity index (χ1) is 6.46. The van der Waals surface area contributed by atoms with E-state index in [-0.39, 0.29) is 5.41 Å². The molecule has 1 aromatic rings. The van der Waals surface area contributed by atoms with Crippen LogP contribution in [0.1, 0.15) is 32.4 Å². The standard InChI is InChI=1S/C13H18O/c1-10(2)13(3,4)12(14)11-8-6-5-7-9-11/h5-9,12,14H,1H2,2-4H3. The molecule has 0 bridgehead atoms. The summed E-state index contributed by atoms with van der Waals surface area (Å²) in [5, 5.41) is 10.2. The van der Waals surface area contributed by atoms with Crippen LogP contribution < -0.4 is 0 Å². The molecule has 0 radical (unpaired) electrons. The van der Waals surface area contributed by atoms with Crippen molar-refractivity contribution < 1.29 is 5.11 Å². The lowest BCUT2D eigenvalue weighted by Crippen LogP contribution is -2.22. The fourth-order valence-electron chi connectivity index (χ4n) is 1.29. The lowest BCUT2D eigenvalue weighted by molar-refractivity contribution is 0.0747. The molecule has 1 N–H and O–H groups in total. The second kappa shape index (κ2) is 3.97. The van der Waals surface area contributed by atoms with Gasteiger partial charge in [-0.3, -0.25) is 0 Å². The normalized spacial score (nSPS) is 13.7. The molecule has 76 valence electrons. The highest BCUT2D eigenvalue weighted by Crippen LogP contribution is 2.38. The summed E-state index contributed by atoms with van der Waals surface area (Å²) in [6.07, 6.45) is -0.485. The van der Waals surface area contributed by atoms with Gasteiger partial charge >= 0.3 is 0 Å². The van der Waals surface area contributed by atoms with E-state index in [1.54, 1.807) is 0 Å². The zero-order valence-electron chi connectivity index (χ0n) is 9.12. The Morgan fingerprint density at radius 1 is 1.29 bits per heavy atom. The van der Waals surface area contributed by atoms with Gasteiger partial charge in [0, 0.05) is 5.41 Å². The Kier molecular flexibility index (Phi) is 3.12. The second-order valence-electron chi connectivity index (χ2n) is 4.32. The molecule has 14 heavy (non-hydrogen) atoms. The largest absolute Gasteiger partial charge is 0.388 e. The molecule has 1 unspecified atom stereocenters. The summed E-state index contributed by atoms with van der Waals surface area (Å²) >= 11 is 0. The Hall–Kier alpha value is -1.08. The van der Waals surface area contributed by atoms with E-state index in [0.717, 1.165) is 11.1 Å². The van der Waals surface area contributed by atoms with Crippen molar-refractivity contribution in [2.24, 2.45) is 5.41 Å². The summed E-state index contributed by atoms with van der Waals surface area (Å²) in [6, 6.07) is 9.70. The van der Waals surface area contributed by atoms with E-state index in [4.69, 9.17) is 0 Å². The van der Waals surface area contributed by atoms with Crippen LogP contribution in [0, 0.1) is 5.41 Å². The van der Waals surface area contributed by atoms with Gasteiger partial charge in [0.2, 0.25) is 0 Å². The fraction of sp³-hybridized carbons (Fsp3) is 0.385. The monoisotopic (exact) mass is 190 g/mol. The minimum absolute atomic E-state index is 0.276. The molecule has 0 saturated carbocycles. The molecule has 0 aromatic heterocycles. The molecule has 0 spiro atoms. The maximum absolute atomic E-state index is 10.2. The first kappa shape index (κ1) is 11.0. The SMILES string of the molecule is C=C(C)C(C)(C)C(O)c1ccccc1. The summed E-state index contributed by atoms with van der Waals surface area (Å²) in [5.41, 5.74) is 1.66. The third-order valence-electron chi connectivity index (χ3n) is 2.90. The van der Waals surface area contributed by atoms with E-state index in [0.29, 0.717) is 0 Å². The Bertz CT molecular complexity index is 311. The van der Waals surface area contributed by atoms with Gasteiger partial charge in [-0.2, -0.15) is 0 Å². The molecule has 0 fully saturated rings. The average Bonchev–Trinajstić information content (AvgIpc) is 2.17. The molecular formula is C13H18O. The predicted octanol–water partition coefficient (Wildman–Crippen LogP) is 3.32. The predicted molar refractivity (Wildman–Crippen MR) is 60.0 cm³/mol. The van der Waals surface area contributed by atoms with Crippen LogP contribution >= 0.6 is 0 Å². The molecule has 0 saturated heterocycles. The fourth-order valence-corrected chi connectivity index (χ4v) is 1.29. The maximum Gasteiger partial charge on any atom is 0.0877 e. The van der Waals surface area contributed by atoms with Crippen LogP contribution in [0.3, 0.4) is 0 Å². The number of hydrogen-bond acceptors (Lipinski definition) is 1. The Morgan fingerprint density at radius 2 is 1.79 bits per heavy atom. The van der Waals surface area contributed by atoms with Crippen LogP contribution in [-0.2, 0) is 0 Å². The lowest BCUT2D eigenvalue weighted by Gasteiger charge is -2.31. The molecule has 0 amide bonds. The Balaban J connectivity index is 2.96. The van der Waals surface area contributed by atoms with E-state index in [2.05, 4.69) is 6.58 Å². The Morgan fingerprint density at radius 3 is 2.21 bits per heavy atom. The average molecular weight is 190 g/mol. The lowest BCUT2D eigenvalue weighted by atomic mass is 9.77. The summed E-state index contributed by atoms with van der Waals surface area (Å²) < 4.78 is 0. The van der Waals surface area contributed by atoms with Crippen molar-refractivity contribution in [3.05, 3.63) is 48.0 Å². The van der Waals surface area contributed by atoms with E-state index in [1.165, 1.54) is 0 Å². The van der Waals surface area contributed by atoms with Crippen molar-refractivity contribution in [1.82, 2.24) is 0 Å². The van der Waals surface area contributed by atoms with Gasteiger partial charge in [0.25, 0.3) is 0 Å². The van der Waals surface area contributed by atoms with Crippen molar-refractivity contribution in [2.45, 2.75) is 26.9 Å². The first-order valence-corrected chi connectivity index (χ1v) is 4.85. The van der Waals surface area contributed by atoms with Crippen LogP contribution in [0.15, 0.2) is 42.5 Å². The molecule has 0 aliphatic carbocycles. The van der Waals surface area contributed by atoms with E-state index >= 15 is 0 Å². The van der Waals surface area contributed by atoms with Crippen molar-refractivity contribution in [3.63, 3.8) is 0 Å². The Labute approximate surface area is 86.1 Å². The van der Waals surface area contributed by atoms with Gasteiger partial charge in [-0.05, 0) is 12.5 Å². The van der Waals surface area contributed by atoms with Gasteiger partial charge < -0.3 is 5.11 Å². The van der Waals surface area contributed by atoms with Crippen LogP contribution in [0.4, 0.5) is 0 Å². The third-order valence-corrected chi connectivity index (χ3v) is 2.90. The van der Waals surface area contributed by atoms with Crippen LogP contribution in [-0.4, -0.2) is 5.11 Å². The van der Waals surface area contributed by atoms with Crippen LogP contribution in [0.25, 0.3) is 0 Å². The van der Waals surface area contributed by atoms with Gasteiger partial charge in [0.1, 0.15) is 0 Å². The minimum Gasteiger partial charge on any atom is -0.388 e. The molecular weight excluding hydrogens is 172 g/mol. The maximum atomic E-state index is 10.2. The third kappa shape index (κ3) is 2.05. The van der Waals surface area contributed by atoms with E-state index < -0.39 is 6.10 Å². The molecule has 0 heterocycles. The van der Waals surface area contributed by atoms with Gasteiger partial charge in [0.15, 0.2) is 0 Å². The number of aliphatic hydroxyl groups is 1. The van der Waals surface area contributed by atoms with Gasteiger partial charge in [0.05, 0.1) is 6.10 Å². The molecule has 1 nitrogen and oxygen atoms in total. The number of hydrogen-bond donors (Lipinski definition) is 1. The van der Waals surface area contributed by atoms with E-state index in [9.17, 15) is 5.11 Å². The quantitative estimate of drug-likeness (QED) is 0.725. The first-order valence-electron chi connectivity index (χ1n) is 4.85. The van der Waals surface area contributed by atoms with Crippen LogP contribution in [0.2, 0.25) is 0 Å². The second-order valence-corrected chi connectivity index (χ2v) is 4.32. The van der Waals surface area contributed by atoms with Crippen molar-refractivity contribution in [1.29, 1.82) is 0 Å². The molecule has 1 heteroatoms. The summed E-state index contributed by atoms with van der Waals surface area (Å²) in [7, 11) is 0. The molecule has 1 atom stereocenters. The molecule has 0 aliphatic rings. The highest BCUT2D eigenvalue weighted by atomic mass is 16.3.